The number of halogens is 1. The SMILES string of the molecule is CCCC(=O)CC(C)I. The second-order valence-corrected chi connectivity index (χ2v) is 4.40. The Morgan fingerprint density at radius 2 is 2.22 bits per heavy atom. The molecule has 9 heavy (non-hydrogen) atoms. The maximum Gasteiger partial charge on any atom is 0.133 e. The van der Waals surface area contributed by atoms with Crippen LogP contribution in [0.3, 0.4) is 0 Å². The molecule has 0 spiro atoms. The number of Topliss-reactive ketones (excluding diaryl/α,β-unsaturated/α-hetero) is 1. The second kappa shape index (κ2) is 5.21. The molecule has 0 aliphatic rings. The van der Waals surface area contributed by atoms with Gasteiger partial charge in [-0.1, -0.05) is 36.4 Å². The van der Waals surface area contributed by atoms with E-state index in [1.54, 1.807) is 0 Å². The fourth-order valence-corrected chi connectivity index (χ4v) is 1.19. The summed E-state index contributed by atoms with van der Waals surface area (Å²) in [6.45, 7) is 4.10. The lowest BCUT2D eigenvalue weighted by Gasteiger charge is -1.98. The van der Waals surface area contributed by atoms with Crippen LogP contribution in [0.15, 0.2) is 0 Å². The monoisotopic (exact) mass is 240 g/mol. The van der Waals surface area contributed by atoms with Gasteiger partial charge >= 0.3 is 0 Å². The molecule has 0 amide bonds. The van der Waals surface area contributed by atoms with Gasteiger partial charge in [0.05, 0.1) is 0 Å². The smallest absolute Gasteiger partial charge is 0.133 e. The molecule has 0 aromatic heterocycles. The van der Waals surface area contributed by atoms with Crippen molar-refractivity contribution >= 4 is 28.4 Å². The van der Waals surface area contributed by atoms with Gasteiger partial charge in [-0.3, -0.25) is 4.79 Å². The molecule has 0 rings (SSSR count). The lowest BCUT2D eigenvalue weighted by Crippen LogP contribution is -2.02. The molecule has 0 radical (unpaired) electrons. The van der Waals surface area contributed by atoms with Gasteiger partial charge in [0.1, 0.15) is 5.78 Å². The molecule has 1 atom stereocenters. The average Bonchev–Trinajstić information content (AvgIpc) is 1.63. The average molecular weight is 240 g/mol. The summed E-state index contributed by atoms with van der Waals surface area (Å²) in [5.41, 5.74) is 0. The minimum Gasteiger partial charge on any atom is -0.300 e. The number of rotatable bonds is 4. The van der Waals surface area contributed by atoms with Gasteiger partial charge < -0.3 is 0 Å². The van der Waals surface area contributed by atoms with Crippen LogP contribution in [0.1, 0.15) is 33.1 Å². The third-order valence-electron chi connectivity index (χ3n) is 1.04. The Morgan fingerprint density at radius 1 is 1.67 bits per heavy atom. The van der Waals surface area contributed by atoms with Crippen molar-refractivity contribution in [1.82, 2.24) is 0 Å². The Bertz CT molecular complexity index is 88.9. The first kappa shape index (κ1) is 9.40. The highest BCUT2D eigenvalue weighted by atomic mass is 127. The van der Waals surface area contributed by atoms with E-state index in [0.29, 0.717) is 9.71 Å². The van der Waals surface area contributed by atoms with Crippen molar-refractivity contribution in [1.29, 1.82) is 0 Å². The molecule has 0 N–H and O–H groups in total. The van der Waals surface area contributed by atoms with Crippen molar-refractivity contribution in [3.63, 3.8) is 0 Å². The number of carbonyl (C=O) groups is 1. The van der Waals surface area contributed by atoms with E-state index in [9.17, 15) is 4.79 Å². The lowest BCUT2D eigenvalue weighted by molar-refractivity contribution is -0.118. The Hall–Kier alpha value is 0.400. The van der Waals surface area contributed by atoms with E-state index in [-0.39, 0.29) is 0 Å². The Balaban J connectivity index is 3.27. The summed E-state index contributed by atoms with van der Waals surface area (Å²) in [4.78, 5) is 10.8. The Kier molecular flexibility index (Phi) is 5.44. The molecule has 0 aliphatic carbocycles. The summed E-state index contributed by atoms with van der Waals surface area (Å²) in [6.07, 6.45) is 2.49. The molecule has 0 heterocycles. The van der Waals surface area contributed by atoms with Crippen LogP contribution in [0.5, 0.6) is 0 Å². The van der Waals surface area contributed by atoms with Crippen molar-refractivity contribution in [2.45, 2.75) is 37.0 Å². The quantitative estimate of drug-likeness (QED) is 0.545. The number of ketones is 1. The highest BCUT2D eigenvalue weighted by Crippen LogP contribution is 2.06. The molecular weight excluding hydrogens is 227 g/mol. The summed E-state index contributed by atoms with van der Waals surface area (Å²) in [6, 6.07) is 0. The van der Waals surface area contributed by atoms with Crippen molar-refractivity contribution in [3.05, 3.63) is 0 Å². The highest BCUT2D eigenvalue weighted by molar-refractivity contribution is 14.1. The number of hydrogen-bond acceptors (Lipinski definition) is 1. The molecule has 0 saturated heterocycles. The van der Waals surface area contributed by atoms with Gasteiger partial charge in [-0.15, -0.1) is 0 Å². The minimum absolute atomic E-state index is 0.402. The van der Waals surface area contributed by atoms with Gasteiger partial charge in [-0.2, -0.15) is 0 Å². The number of hydrogen-bond donors (Lipinski definition) is 0. The third kappa shape index (κ3) is 6.28. The van der Waals surface area contributed by atoms with Crippen LogP contribution in [0.4, 0.5) is 0 Å². The lowest BCUT2D eigenvalue weighted by atomic mass is 10.1. The molecule has 54 valence electrons. The van der Waals surface area contributed by atoms with Crippen LogP contribution in [0.2, 0.25) is 0 Å². The van der Waals surface area contributed by atoms with E-state index in [1.165, 1.54) is 0 Å². The Labute approximate surface area is 70.4 Å². The molecule has 1 nitrogen and oxygen atoms in total. The van der Waals surface area contributed by atoms with Crippen molar-refractivity contribution in [3.8, 4) is 0 Å². The molecular formula is C7H13IO. The summed E-state index contributed by atoms with van der Waals surface area (Å²) in [5, 5.41) is 0. The number of alkyl halides is 1. The molecule has 0 aliphatic heterocycles. The maximum atomic E-state index is 10.8. The van der Waals surface area contributed by atoms with Crippen LogP contribution >= 0.6 is 22.6 Å². The highest BCUT2D eigenvalue weighted by Gasteiger charge is 2.03. The summed E-state index contributed by atoms with van der Waals surface area (Å²) >= 11 is 2.28. The first-order valence-electron chi connectivity index (χ1n) is 3.32. The predicted octanol–water partition coefficient (Wildman–Crippen LogP) is 2.57. The Morgan fingerprint density at radius 3 is 2.56 bits per heavy atom. The van der Waals surface area contributed by atoms with Crippen molar-refractivity contribution in [2.75, 3.05) is 0 Å². The topological polar surface area (TPSA) is 17.1 Å². The molecule has 1 unspecified atom stereocenters. The number of carbonyl (C=O) groups excluding carboxylic acids is 1. The maximum absolute atomic E-state index is 10.8. The van der Waals surface area contributed by atoms with Crippen LogP contribution < -0.4 is 0 Å². The summed E-state index contributed by atoms with van der Waals surface area (Å²) in [7, 11) is 0. The molecule has 2 heteroatoms. The molecule has 0 bridgehead atoms. The molecule has 0 saturated carbocycles. The normalized spacial score (nSPS) is 13.2. The van der Waals surface area contributed by atoms with Crippen LogP contribution in [-0.2, 0) is 4.79 Å². The molecule has 0 aromatic carbocycles. The van der Waals surface area contributed by atoms with Crippen molar-refractivity contribution < 1.29 is 4.79 Å². The second-order valence-electron chi connectivity index (χ2n) is 2.27. The van der Waals surface area contributed by atoms with Gasteiger partial charge in [0.25, 0.3) is 0 Å². The van der Waals surface area contributed by atoms with E-state index in [4.69, 9.17) is 0 Å². The van der Waals surface area contributed by atoms with E-state index >= 15 is 0 Å². The van der Waals surface area contributed by atoms with Gasteiger partial charge in [0.15, 0.2) is 0 Å². The molecule has 0 fully saturated rings. The van der Waals surface area contributed by atoms with Gasteiger partial charge in [0, 0.05) is 16.8 Å². The standard InChI is InChI=1S/C7H13IO/c1-3-4-7(9)5-6(2)8/h6H,3-5H2,1-2H3. The zero-order chi connectivity index (χ0) is 7.28. The zero-order valence-electron chi connectivity index (χ0n) is 5.98. The van der Waals surface area contributed by atoms with Crippen LogP contribution in [0, 0.1) is 0 Å². The third-order valence-corrected chi connectivity index (χ3v) is 1.48. The van der Waals surface area contributed by atoms with E-state index in [1.807, 2.05) is 6.92 Å². The fourth-order valence-electron chi connectivity index (χ4n) is 0.695. The fraction of sp³-hybridized carbons (Fsp3) is 0.857. The van der Waals surface area contributed by atoms with Crippen molar-refractivity contribution in [2.24, 2.45) is 0 Å². The van der Waals surface area contributed by atoms with Gasteiger partial charge in [-0.05, 0) is 6.42 Å². The summed E-state index contributed by atoms with van der Waals surface area (Å²) in [5.74, 6) is 0.402. The first-order valence-corrected chi connectivity index (χ1v) is 4.57. The van der Waals surface area contributed by atoms with Gasteiger partial charge in [-0.25, -0.2) is 0 Å². The van der Waals surface area contributed by atoms with Gasteiger partial charge in [0.2, 0.25) is 0 Å². The van der Waals surface area contributed by atoms with Crippen LogP contribution in [-0.4, -0.2) is 9.71 Å². The summed E-state index contributed by atoms with van der Waals surface area (Å²) < 4.78 is 0.502. The van der Waals surface area contributed by atoms with Crippen LogP contribution in [0.25, 0.3) is 0 Å². The predicted molar refractivity (Wildman–Crippen MR) is 48.0 cm³/mol. The zero-order valence-corrected chi connectivity index (χ0v) is 8.14. The molecule has 0 aromatic rings. The van der Waals surface area contributed by atoms with E-state index in [0.717, 1.165) is 19.3 Å². The van der Waals surface area contributed by atoms with E-state index in [2.05, 4.69) is 29.5 Å². The first-order chi connectivity index (χ1) is 4.16. The largest absolute Gasteiger partial charge is 0.300 e. The van der Waals surface area contributed by atoms with E-state index < -0.39 is 0 Å². The minimum atomic E-state index is 0.402.